The van der Waals surface area contributed by atoms with E-state index in [9.17, 15) is 4.79 Å². The van der Waals surface area contributed by atoms with Crippen molar-refractivity contribution in [3.8, 4) is 0 Å². The molecule has 0 saturated carbocycles. The SMILES string of the molecule is CCN(CC1CCN(C(=NC)NCc2cc(C(C)C)no2)CC1)C(=O)OC(C)(C)C. The van der Waals surface area contributed by atoms with Gasteiger partial charge in [0, 0.05) is 39.3 Å². The van der Waals surface area contributed by atoms with E-state index in [-0.39, 0.29) is 6.09 Å². The van der Waals surface area contributed by atoms with E-state index in [0.717, 1.165) is 49.9 Å². The summed E-state index contributed by atoms with van der Waals surface area (Å²) >= 11 is 0. The Morgan fingerprint density at radius 1 is 1.40 bits per heavy atom. The second kappa shape index (κ2) is 10.7. The Balaban J connectivity index is 1.81. The van der Waals surface area contributed by atoms with Gasteiger partial charge in [-0.2, -0.15) is 0 Å². The number of hydrogen-bond acceptors (Lipinski definition) is 5. The molecule has 1 fully saturated rings. The van der Waals surface area contributed by atoms with Gasteiger partial charge < -0.3 is 24.4 Å². The van der Waals surface area contributed by atoms with Crippen molar-refractivity contribution in [1.82, 2.24) is 20.3 Å². The number of amides is 1. The summed E-state index contributed by atoms with van der Waals surface area (Å²) in [4.78, 5) is 20.9. The summed E-state index contributed by atoms with van der Waals surface area (Å²) in [5.41, 5.74) is 0.499. The molecule has 0 atom stereocenters. The molecule has 8 nitrogen and oxygen atoms in total. The predicted molar refractivity (Wildman–Crippen MR) is 119 cm³/mol. The maximum atomic E-state index is 12.4. The normalized spacial score (nSPS) is 16.1. The minimum absolute atomic E-state index is 0.224. The summed E-state index contributed by atoms with van der Waals surface area (Å²) in [5, 5.41) is 7.48. The smallest absolute Gasteiger partial charge is 0.410 e. The van der Waals surface area contributed by atoms with Crippen LogP contribution in [-0.4, -0.2) is 65.8 Å². The average Bonchev–Trinajstić information content (AvgIpc) is 3.15. The molecule has 0 bridgehead atoms. The summed E-state index contributed by atoms with van der Waals surface area (Å²) < 4.78 is 10.9. The van der Waals surface area contributed by atoms with Crippen LogP contribution >= 0.6 is 0 Å². The van der Waals surface area contributed by atoms with Crippen LogP contribution in [0.4, 0.5) is 4.79 Å². The quantitative estimate of drug-likeness (QED) is 0.555. The van der Waals surface area contributed by atoms with E-state index >= 15 is 0 Å². The second-order valence-corrected chi connectivity index (χ2v) is 9.22. The van der Waals surface area contributed by atoms with Gasteiger partial charge >= 0.3 is 6.09 Å². The van der Waals surface area contributed by atoms with Crippen molar-refractivity contribution in [2.24, 2.45) is 10.9 Å². The van der Waals surface area contributed by atoms with E-state index < -0.39 is 5.60 Å². The zero-order valence-corrected chi connectivity index (χ0v) is 19.7. The third-order valence-electron chi connectivity index (χ3n) is 5.23. The number of ether oxygens (including phenoxy) is 1. The largest absolute Gasteiger partial charge is 0.444 e. The Bertz CT molecular complexity index is 700. The van der Waals surface area contributed by atoms with Crippen molar-refractivity contribution < 1.29 is 14.1 Å². The first-order valence-corrected chi connectivity index (χ1v) is 11.0. The van der Waals surface area contributed by atoms with Crippen LogP contribution in [0.15, 0.2) is 15.6 Å². The van der Waals surface area contributed by atoms with Crippen LogP contribution in [0, 0.1) is 5.92 Å². The number of likely N-dealkylation sites (tertiary alicyclic amines) is 1. The van der Waals surface area contributed by atoms with Crippen molar-refractivity contribution in [3.05, 3.63) is 17.5 Å². The summed E-state index contributed by atoms with van der Waals surface area (Å²) in [5.74, 6) is 2.50. The Kier molecular flexibility index (Phi) is 8.55. The lowest BCUT2D eigenvalue weighted by atomic mass is 9.96. The standard InChI is InChI=1S/C22H39N5O3/c1-8-26(21(28)29-22(4,5)6)15-17-9-11-27(12-10-17)20(23-7)24-14-18-13-19(16(2)3)25-30-18/h13,16-17H,8-12,14-15H2,1-7H3,(H,23,24). The van der Waals surface area contributed by atoms with Crippen molar-refractivity contribution in [3.63, 3.8) is 0 Å². The number of nitrogens with one attached hydrogen (secondary N) is 1. The molecule has 8 heteroatoms. The van der Waals surface area contributed by atoms with Crippen molar-refractivity contribution in [1.29, 1.82) is 0 Å². The van der Waals surface area contributed by atoms with E-state index in [4.69, 9.17) is 9.26 Å². The van der Waals surface area contributed by atoms with Gasteiger partial charge in [-0.15, -0.1) is 0 Å². The topological polar surface area (TPSA) is 83.2 Å². The van der Waals surface area contributed by atoms with Crippen LogP contribution in [-0.2, 0) is 11.3 Å². The van der Waals surface area contributed by atoms with Gasteiger partial charge in [-0.1, -0.05) is 19.0 Å². The zero-order valence-electron chi connectivity index (χ0n) is 19.7. The second-order valence-electron chi connectivity index (χ2n) is 9.22. The lowest BCUT2D eigenvalue weighted by Crippen LogP contribution is -2.47. The van der Waals surface area contributed by atoms with Gasteiger partial charge in [-0.05, 0) is 52.4 Å². The van der Waals surface area contributed by atoms with Gasteiger partial charge in [-0.3, -0.25) is 4.99 Å². The molecule has 1 saturated heterocycles. The fourth-order valence-corrected chi connectivity index (χ4v) is 3.48. The first-order valence-electron chi connectivity index (χ1n) is 11.0. The molecular formula is C22H39N5O3. The molecule has 1 aliphatic heterocycles. The highest BCUT2D eigenvalue weighted by molar-refractivity contribution is 5.79. The molecule has 170 valence electrons. The Morgan fingerprint density at radius 3 is 2.57 bits per heavy atom. The lowest BCUT2D eigenvalue weighted by Gasteiger charge is -2.36. The van der Waals surface area contributed by atoms with Gasteiger partial charge in [0.05, 0.1) is 12.2 Å². The molecule has 1 aromatic heterocycles. The van der Waals surface area contributed by atoms with Crippen molar-refractivity contribution in [2.75, 3.05) is 33.2 Å². The van der Waals surface area contributed by atoms with Gasteiger partial charge in [0.15, 0.2) is 11.7 Å². The molecule has 0 spiro atoms. The fraction of sp³-hybridized carbons (Fsp3) is 0.773. The number of carbonyl (C=O) groups is 1. The monoisotopic (exact) mass is 421 g/mol. The number of nitrogens with zero attached hydrogens (tertiary/aromatic N) is 4. The number of aromatic nitrogens is 1. The molecule has 0 unspecified atom stereocenters. The van der Waals surface area contributed by atoms with Gasteiger partial charge in [-0.25, -0.2) is 4.79 Å². The molecule has 0 radical (unpaired) electrons. The van der Waals surface area contributed by atoms with Crippen LogP contribution < -0.4 is 5.32 Å². The minimum Gasteiger partial charge on any atom is -0.444 e. The highest BCUT2D eigenvalue weighted by atomic mass is 16.6. The molecule has 0 aliphatic carbocycles. The summed E-state index contributed by atoms with van der Waals surface area (Å²) in [6.07, 6.45) is 1.80. The molecule has 1 aliphatic rings. The molecule has 1 aromatic rings. The number of rotatable bonds is 6. The van der Waals surface area contributed by atoms with Crippen LogP contribution in [0.25, 0.3) is 0 Å². The van der Waals surface area contributed by atoms with Gasteiger partial charge in [0.25, 0.3) is 0 Å². The summed E-state index contributed by atoms with van der Waals surface area (Å²) in [6.45, 7) is 15.7. The highest BCUT2D eigenvalue weighted by Crippen LogP contribution is 2.20. The van der Waals surface area contributed by atoms with E-state index in [2.05, 4.69) is 34.2 Å². The molecule has 2 rings (SSSR count). The Labute approximate surface area is 181 Å². The van der Waals surface area contributed by atoms with Crippen molar-refractivity contribution in [2.45, 2.75) is 72.4 Å². The molecule has 1 amide bonds. The van der Waals surface area contributed by atoms with E-state index in [1.807, 2.05) is 38.7 Å². The minimum atomic E-state index is -0.467. The van der Waals surface area contributed by atoms with Gasteiger partial charge in [0.2, 0.25) is 0 Å². The number of aliphatic imine (C=N–C) groups is 1. The lowest BCUT2D eigenvalue weighted by molar-refractivity contribution is 0.0214. The molecule has 1 N–H and O–H groups in total. The zero-order chi connectivity index (χ0) is 22.3. The average molecular weight is 422 g/mol. The Morgan fingerprint density at radius 2 is 2.07 bits per heavy atom. The molecule has 30 heavy (non-hydrogen) atoms. The maximum absolute atomic E-state index is 12.4. The molecule has 0 aromatic carbocycles. The van der Waals surface area contributed by atoms with Crippen LogP contribution in [0.1, 0.15) is 71.8 Å². The number of guanidine groups is 1. The first kappa shape index (κ1) is 24.0. The van der Waals surface area contributed by atoms with E-state index in [1.165, 1.54) is 0 Å². The van der Waals surface area contributed by atoms with E-state index in [0.29, 0.717) is 24.9 Å². The Hall–Kier alpha value is -2.25. The summed E-state index contributed by atoms with van der Waals surface area (Å²) in [7, 11) is 1.80. The number of hydrogen-bond donors (Lipinski definition) is 1. The molecular weight excluding hydrogens is 382 g/mol. The maximum Gasteiger partial charge on any atom is 0.410 e. The number of piperidine rings is 1. The summed E-state index contributed by atoms with van der Waals surface area (Å²) in [6, 6.07) is 1.99. The third kappa shape index (κ3) is 7.22. The highest BCUT2D eigenvalue weighted by Gasteiger charge is 2.27. The van der Waals surface area contributed by atoms with Crippen molar-refractivity contribution >= 4 is 12.1 Å². The fourth-order valence-electron chi connectivity index (χ4n) is 3.48. The van der Waals surface area contributed by atoms with Crippen LogP contribution in [0.5, 0.6) is 0 Å². The first-order chi connectivity index (χ1) is 14.1. The van der Waals surface area contributed by atoms with Crippen LogP contribution in [0.3, 0.4) is 0 Å². The van der Waals surface area contributed by atoms with Gasteiger partial charge in [0.1, 0.15) is 5.60 Å². The number of carbonyl (C=O) groups excluding carboxylic acids is 1. The van der Waals surface area contributed by atoms with Crippen LogP contribution in [0.2, 0.25) is 0 Å². The third-order valence-corrected chi connectivity index (χ3v) is 5.23. The predicted octanol–water partition coefficient (Wildman–Crippen LogP) is 3.84. The van der Waals surface area contributed by atoms with E-state index in [1.54, 1.807) is 7.05 Å². The molecule has 2 heterocycles.